The molecule has 0 spiro atoms. The third kappa shape index (κ3) is 3.84. The maximum Gasteiger partial charge on any atom is 0.414 e. The molecule has 3 heterocycles. The van der Waals surface area contributed by atoms with Crippen LogP contribution in [0.25, 0.3) is 0 Å². The number of morpholine rings is 1. The van der Waals surface area contributed by atoms with Crippen LogP contribution in [-0.4, -0.2) is 70.2 Å². The fourth-order valence-electron chi connectivity index (χ4n) is 3.53. The van der Waals surface area contributed by atoms with E-state index in [9.17, 15) is 14.0 Å². The summed E-state index contributed by atoms with van der Waals surface area (Å²) in [6.07, 6.45) is -0.812. The second-order valence-corrected chi connectivity index (χ2v) is 6.77. The zero-order chi connectivity index (χ0) is 18.8. The van der Waals surface area contributed by atoms with Crippen molar-refractivity contribution in [2.24, 2.45) is 0 Å². The van der Waals surface area contributed by atoms with Crippen LogP contribution in [0.4, 0.5) is 20.6 Å². The fourth-order valence-corrected chi connectivity index (χ4v) is 3.53. The first-order valence-electron chi connectivity index (χ1n) is 9.09. The van der Waals surface area contributed by atoms with E-state index in [2.05, 4.69) is 5.32 Å². The van der Waals surface area contributed by atoms with E-state index in [0.717, 1.165) is 0 Å². The molecule has 0 aliphatic carbocycles. The molecule has 1 aromatic rings. The van der Waals surface area contributed by atoms with Crippen LogP contribution in [-0.2, 0) is 19.0 Å². The Morgan fingerprint density at radius 2 is 1.93 bits per heavy atom. The number of anilines is 2. The Labute approximate surface area is 156 Å². The van der Waals surface area contributed by atoms with Gasteiger partial charge in [-0.3, -0.25) is 9.69 Å². The molecule has 0 bridgehead atoms. The summed E-state index contributed by atoms with van der Waals surface area (Å²) in [6.45, 7) is 3.25. The molecule has 9 heteroatoms. The predicted molar refractivity (Wildman–Crippen MR) is 94.4 cm³/mol. The van der Waals surface area contributed by atoms with Crippen molar-refractivity contribution in [2.45, 2.75) is 18.6 Å². The largest absolute Gasteiger partial charge is 0.442 e. The van der Waals surface area contributed by atoms with Crippen molar-refractivity contribution in [1.29, 1.82) is 0 Å². The highest BCUT2D eigenvalue weighted by molar-refractivity contribution is 5.90. The quantitative estimate of drug-likeness (QED) is 0.840. The lowest BCUT2D eigenvalue weighted by molar-refractivity contribution is -0.121. The molecule has 1 N–H and O–H groups in total. The number of nitrogens with one attached hydrogen (secondary N) is 1. The minimum Gasteiger partial charge on any atom is -0.442 e. The molecule has 0 saturated carbocycles. The van der Waals surface area contributed by atoms with E-state index in [4.69, 9.17) is 14.2 Å². The van der Waals surface area contributed by atoms with Gasteiger partial charge in [0, 0.05) is 19.5 Å². The third-order valence-electron chi connectivity index (χ3n) is 5.00. The molecular formula is C18H22FN3O5. The van der Waals surface area contributed by atoms with Crippen LogP contribution >= 0.6 is 0 Å². The number of ether oxygens (including phenoxy) is 3. The van der Waals surface area contributed by atoms with Crippen LogP contribution in [0, 0.1) is 5.82 Å². The van der Waals surface area contributed by atoms with E-state index in [1.54, 1.807) is 12.1 Å². The van der Waals surface area contributed by atoms with Crippen molar-refractivity contribution in [3.05, 3.63) is 24.0 Å². The van der Waals surface area contributed by atoms with E-state index in [1.807, 2.05) is 4.90 Å². The maximum absolute atomic E-state index is 14.6. The average Bonchev–Trinajstić information content (AvgIpc) is 2.92. The van der Waals surface area contributed by atoms with Crippen molar-refractivity contribution in [1.82, 2.24) is 5.32 Å². The molecule has 3 aliphatic rings. The van der Waals surface area contributed by atoms with Crippen molar-refractivity contribution < 1.29 is 28.2 Å². The van der Waals surface area contributed by atoms with Gasteiger partial charge in [-0.2, -0.15) is 0 Å². The van der Waals surface area contributed by atoms with Crippen LogP contribution in [0.2, 0.25) is 0 Å². The van der Waals surface area contributed by atoms with Gasteiger partial charge in [-0.05, 0) is 18.2 Å². The number of rotatable bonds is 3. The Morgan fingerprint density at radius 3 is 2.70 bits per heavy atom. The summed E-state index contributed by atoms with van der Waals surface area (Å²) in [5.74, 6) is -0.523. The molecule has 146 valence electrons. The summed E-state index contributed by atoms with van der Waals surface area (Å²) in [7, 11) is 0. The summed E-state index contributed by atoms with van der Waals surface area (Å²) in [5, 5.41) is 2.82. The number of nitrogens with zero attached hydrogens (tertiary/aromatic N) is 2. The number of cyclic esters (lactones) is 1. The van der Waals surface area contributed by atoms with Gasteiger partial charge in [0.2, 0.25) is 5.91 Å². The summed E-state index contributed by atoms with van der Waals surface area (Å²) in [5.41, 5.74) is 0.925. The molecule has 0 unspecified atom stereocenters. The molecule has 3 saturated heterocycles. The molecule has 1 aromatic carbocycles. The van der Waals surface area contributed by atoms with Crippen LogP contribution in [0.3, 0.4) is 0 Å². The van der Waals surface area contributed by atoms with Crippen LogP contribution in [0.15, 0.2) is 18.2 Å². The number of halogens is 1. The van der Waals surface area contributed by atoms with E-state index in [1.165, 1.54) is 11.0 Å². The van der Waals surface area contributed by atoms with Gasteiger partial charge < -0.3 is 24.4 Å². The van der Waals surface area contributed by atoms with Crippen molar-refractivity contribution >= 4 is 23.4 Å². The van der Waals surface area contributed by atoms with Crippen LogP contribution in [0.5, 0.6) is 0 Å². The van der Waals surface area contributed by atoms with Gasteiger partial charge in [-0.15, -0.1) is 0 Å². The minimum atomic E-state index is -0.558. The molecule has 27 heavy (non-hydrogen) atoms. The monoisotopic (exact) mass is 379 g/mol. The molecule has 0 radical (unpaired) electrons. The number of amides is 2. The van der Waals surface area contributed by atoms with Crippen LogP contribution in [0.1, 0.15) is 6.42 Å². The number of benzene rings is 1. The zero-order valence-corrected chi connectivity index (χ0v) is 14.9. The normalized spacial score (nSPS) is 26.6. The molecular weight excluding hydrogens is 357 g/mol. The summed E-state index contributed by atoms with van der Waals surface area (Å²) >= 11 is 0. The maximum atomic E-state index is 14.6. The first kappa shape index (κ1) is 18.0. The lowest BCUT2D eigenvalue weighted by atomic mass is 10.1. The Hall–Kier alpha value is -2.39. The molecule has 8 nitrogen and oxygen atoms in total. The average molecular weight is 379 g/mol. The van der Waals surface area contributed by atoms with Crippen molar-refractivity contribution in [3.63, 3.8) is 0 Å². The van der Waals surface area contributed by atoms with Crippen molar-refractivity contribution in [2.75, 3.05) is 55.9 Å². The minimum absolute atomic E-state index is 0.132. The van der Waals surface area contributed by atoms with E-state index >= 15 is 0 Å². The molecule has 2 atom stereocenters. The highest BCUT2D eigenvalue weighted by atomic mass is 19.1. The highest BCUT2D eigenvalue weighted by Gasteiger charge is 2.39. The zero-order valence-electron chi connectivity index (χ0n) is 14.9. The van der Waals surface area contributed by atoms with E-state index in [-0.39, 0.29) is 25.5 Å². The SMILES string of the molecule is O=C1CCOC[C@H]([C@H]2CN(c3ccc(N4CCOCC4)c(F)c3)C(=O)O2)N1. The Morgan fingerprint density at radius 1 is 1.11 bits per heavy atom. The topological polar surface area (TPSA) is 80.3 Å². The first-order chi connectivity index (χ1) is 13.1. The van der Waals surface area contributed by atoms with Gasteiger partial charge in [0.05, 0.1) is 50.4 Å². The van der Waals surface area contributed by atoms with Gasteiger partial charge in [0.15, 0.2) is 0 Å². The molecule has 3 fully saturated rings. The Bertz CT molecular complexity index is 725. The molecule has 4 rings (SSSR count). The summed E-state index contributed by atoms with van der Waals surface area (Å²) in [4.78, 5) is 27.3. The number of carbonyl (C=O) groups excluding carboxylic acids is 2. The second kappa shape index (κ2) is 7.69. The molecule has 3 aliphatic heterocycles. The third-order valence-corrected chi connectivity index (χ3v) is 5.00. The van der Waals surface area contributed by atoms with E-state index in [0.29, 0.717) is 44.3 Å². The van der Waals surface area contributed by atoms with Gasteiger partial charge in [-0.25, -0.2) is 9.18 Å². The molecule has 0 aromatic heterocycles. The summed E-state index contributed by atoms with van der Waals surface area (Å²) < 4.78 is 30.7. The number of hydrogen-bond donors (Lipinski definition) is 1. The summed E-state index contributed by atoms with van der Waals surface area (Å²) in [6, 6.07) is 4.31. The smallest absolute Gasteiger partial charge is 0.414 e. The predicted octanol–water partition coefficient (Wildman–Crippen LogP) is 0.893. The highest BCUT2D eigenvalue weighted by Crippen LogP contribution is 2.29. The number of carbonyl (C=O) groups is 2. The lowest BCUT2D eigenvalue weighted by Gasteiger charge is -2.29. The van der Waals surface area contributed by atoms with Crippen molar-refractivity contribution in [3.8, 4) is 0 Å². The number of hydrogen-bond acceptors (Lipinski definition) is 6. The second-order valence-electron chi connectivity index (χ2n) is 6.77. The van der Waals surface area contributed by atoms with Gasteiger partial charge in [0.1, 0.15) is 11.9 Å². The van der Waals surface area contributed by atoms with E-state index < -0.39 is 24.1 Å². The first-order valence-corrected chi connectivity index (χ1v) is 9.09. The van der Waals surface area contributed by atoms with Gasteiger partial charge >= 0.3 is 6.09 Å². The van der Waals surface area contributed by atoms with Gasteiger partial charge in [0.25, 0.3) is 0 Å². The molecule has 2 amide bonds. The fraction of sp³-hybridized carbons (Fsp3) is 0.556. The standard InChI is InChI=1S/C18H22FN3O5/c19-13-9-12(1-2-15(13)21-4-7-25-8-5-21)22-10-16(27-18(22)24)14-11-26-6-3-17(23)20-14/h1-2,9,14,16H,3-8,10-11H2,(H,20,23)/t14-,16-/m1/s1. The van der Waals surface area contributed by atoms with Crippen LogP contribution < -0.4 is 15.1 Å². The Balaban J connectivity index is 1.47. The Kier molecular flexibility index (Phi) is 5.13. The van der Waals surface area contributed by atoms with Gasteiger partial charge in [-0.1, -0.05) is 0 Å². The lowest BCUT2D eigenvalue weighted by Crippen LogP contribution is -2.46.